The Kier molecular flexibility index (Phi) is 5.66. The molecule has 2 N–H and O–H groups in total. The summed E-state index contributed by atoms with van der Waals surface area (Å²) in [4.78, 5) is 11.1. The van der Waals surface area contributed by atoms with Crippen molar-refractivity contribution in [3.63, 3.8) is 0 Å². The van der Waals surface area contributed by atoms with Crippen LogP contribution in [0.5, 0.6) is 0 Å². The summed E-state index contributed by atoms with van der Waals surface area (Å²) in [6, 6.07) is 5.82. The van der Waals surface area contributed by atoms with Gasteiger partial charge in [-0.05, 0) is 49.8 Å². The van der Waals surface area contributed by atoms with E-state index in [0.717, 1.165) is 17.2 Å². The molecule has 1 aliphatic rings. The van der Waals surface area contributed by atoms with Crippen molar-refractivity contribution in [2.45, 2.75) is 64.8 Å². The molecule has 1 saturated carbocycles. The van der Waals surface area contributed by atoms with Crippen LogP contribution in [0.3, 0.4) is 0 Å². The van der Waals surface area contributed by atoms with Crippen LogP contribution in [0.4, 0.5) is 5.69 Å². The van der Waals surface area contributed by atoms with Crippen molar-refractivity contribution in [1.82, 2.24) is 0 Å². The van der Waals surface area contributed by atoms with Crippen molar-refractivity contribution >= 4 is 11.7 Å². The van der Waals surface area contributed by atoms with E-state index in [0.29, 0.717) is 11.6 Å². The molecule has 0 bridgehead atoms. The van der Waals surface area contributed by atoms with E-state index in [1.165, 1.54) is 44.9 Å². The number of carbonyl (C=O) groups is 1. The van der Waals surface area contributed by atoms with E-state index in [1.807, 2.05) is 13.0 Å². The van der Waals surface area contributed by atoms with Gasteiger partial charge in [0.05, 0.1) is 5.56 Å². The third-order valence-electron chi connectivity index (χ3n) is 4.63. The number of rotatable bonds is 5. The Bertz CT molecular complexity index is 484. The SMILES string of the molecule is CCCC1CCCC(Nc2cc(C(=O)O)ccc2C)CC1. The molecular formula is C18H27NO2. The van der Waals surface area contributed by atoms with Crippen LogP contribution in [0.1, 0.15) is 67.8 Å². The van der Waals surface area contributed by atoms with Gasteiger partial charge in [0, 0.05) is 11.7 Å². The fourth-order valence-electron chi connectivity index (χ4n) is 3.35. The minimum absolute atomic E-state index is 0.362. The van der Waals surface area contributed by atoms with Crippen molar-refractivity contribution in [2.24, 2.45) is 5.92 Å². The Morgan fingerprint density at radius 2 is 2.10 bits per heavy atom. The number of nitrogens with one attached hydrogen (secondary N) is 1. The molecule has 2 rings (SSSR count). The van der Waals surface area contributed by atoms with Gasteiger partial charge in [-0.1, -0.05) is 38.7 Å². The number of carboxylic acids is 1. The zero-order valence-corrected chi connectivity index (χ0v) is 13.2. The third-order valence-corrected chi connectivity index (χ3v) is 4.63. The van der Waals surface area contributed by atoms with E-state index in [4.69, 9.17) is 5.11 Å². The molecule has 1 aromatic carbocycles. The van der Waals surface area contributed by atoms with E-state index < -0.39 is 5.97 Å². The maximum Gasteiger partial charge on any atom is 0.335 e. The standard InChI is InChI=1S/C18H27NO2/c1-3-5-14-6-4-7-16(11-9-14)19-17-12-15(18(20)21)10-8-13(17)2/h8,10,12,14,16,19H,3-7,9,11H2,1-2H3,(H,20,21). The van der Waals surface area contributed by atoms with Crippen LogP contribution < -0.4 is 5.32 Å². The molecule has 116 valence electrons. The summed E-state index contributed by atoms with van der Waals surface area (Å²) < 4.78 is 0. The van der Waals surface area contributed by atoms with Crippen LogP contribution in [-0.2, 0) is 0 Å². The number of aryl methyl sites for hydroxylation is 1. The Labute approximate surface area is 127 Å². The lowest BCUT2D eigenvalue weighted by Gasteiger charge is -2.20. The monoisotopic (exact) mass is 289 g/mol. The van der Waals surface area contributed by atoms with Crippen LogP contribution in [0.25, 0.3) is 0 Å². The summed E-state index contributed by atoms with van der Waals surface area (Å²) in [6.45, 7) is 4.30. The molecule has 21 heavy (non-hydrogen) atoms. The quantitative estimate of drug-likeness (QED) is 0.761. The first-order valence-corrected chi connectivity index (χ1v) is 8.20. The molecule has 0 saturated heterocycles. The normalized spacial score (nSPS) is 22.6. The van der Waals surface area contributed by atoms with E-state index in [2.05, 4.69) is 12.2 Å². The molecule has 0 amide bonds. The summed E-state index contributed by atoms with van der Waals surface area (Å²) in [6.07, 6.45) is 8.93. The molecule has 0 radical (unpaired) electrons. The van der Waals surface area contributed by atoms with E-state index >= 15 is 0 Å². The highest BCUT2D eigenvalue weighted by atomic mass is 16.4. The third kappa shape index (κ3) is 4.48. The van der Waals surface area contributed by atoms with Crippen LogP contribution in [0.2, 0.25) is 0 Å². The van der Waals surface area contributed by atoms with Gasteiger partial charge in [-0.25, -0.2) is 4.79 Å². The fraction of sp³-hybridized carbons (Fsp3) is 0.611. The van der Waals surface area contributed by atoms with Crippen LogP contribution in [-0.4, -0.2) is 17.1 Å². The average molecular weight is 289 g/mol. The van der Waals surface area contributed by atoms with Crippen molar-refractivity contribution in [1.29, 1.82) is 0 Å². The highest BCUT2D eigenvalue weighted by Crippen LogP contribution is 2.29. The number of aromatic carboxylic acids is 1. The fourth-order valence-corrected chi connectivity index (χ4v) is 3.35. The number of hydrogen-bond donors (Lipinski definition) is 2. The Morgan fingerprint density at radius 1 is 1.29 bits per heavy atom. The highest BCUT2D eigenvalue weighted by molar-refractivity contribution is 5.89. The second-order valence-electron chi connectivity index (χ2n) is 6.34. The first kappa shape index (κ1) is 15.9. The summed E-state index contributed by atoms with van der Waals surface area (Å²) in [5.41, 5.74) is 2.46. The summed E-state index contributed by atoms with van der Waals surface area (Å²) in [5, 5.41) is 12.7. The maximum absolute atomic E-state index is 11.1. The topological polar surface area (TPSA) is 49.3 Å². The minimum Gasteiger partial charge on any atom is -0.478 e. The van der Waals surface area contributed by atoms with E-state index in [1.54, 1.807) is 12.1 Å². The van der Waals surface area contributed by atoms with Gasteiger partial charge in [0.1, 0.15) is 0 Å². The summed E-state index contributed by atoms with van der Waals surface area (Å²) in [7, 11) is 0. The molecule has 2 unspecified atom stereocenters. The Hall–Kier alpha value is -1.51. The lowest BCUT2D eigenvalue weighted by atomic mass is 9.95. The predicted molar refractivity (Wildman–Crippen MR) is 87.0 cm³/mol. The largest absolute Gasteiger partial charge is 0.478 e. The van der Waals surface area contributed by atoms with Crippen LogP contribution >= 0.6 is 0 Å². The molecule has 0 aliphatic heterocycles. The van der Waals surface area contributed by atoms with Gasteiger partial charge in [0.25, 0.3) is 0 Å². The van der Waals surface area contributed by atoms with Crippen molar-refractivity contribution < 1.29 is 9.90 Å². The van der Waals surface area contributed by atoms with Crippen LogP contribution in [0, 0.1) is 12.8 Å². The lowest BCUT2D eigenvalue weighted by Crippen LogP contribution is -2.19. The first-order valence-electron chi connectivity index (χ1n) is 8.20. The van der Waals surface area contributed by atoms with Crippen molar-refractivity contribution in [2.75, 3.05) is 5.32 Å². The smallest absolute Gasteiger partial charge is 0.335 e. The number of benzene rings is 1. The molecular weight excluding hydrogens is 262 g/mol. The van der Waals surface area contributed by atoms with Gasteiger partial charge in [-0.15, -0.1) is 0 Å². The average Bonchev–Trinajstić information content (AvgIpc) is 2.67. The molecule has 1 fully saturated rings. The van der Waals surface area contributed by atoms with E-state index in [-0.39, 0.29) is 0 Å². The van der Waals surface area contributed by atoms with Gasteiger partial charge >= 0.3 is 5.97 Å². The maximum atomic E-state index is 11.1. The molecule has 3 heteroatoms. The molecule has 0 aromatic heterocycles. The van der Waals surface area contributed by atoms with Gasteiger partial charge in [0.15, 0.2) is 0 Å². The Balaban J connectivity index is 2.01. The lowest BCUT2D eigenvalue weighted by molar-refractivity contribution is 0.0697. The van der Waals surface area contributed by atoms with Crippen molar-refractivity contribution in [3.8, 4) is 0 Å². The predicted octanol–water partition coefficient (Wildman–Crippen LogP) is 4.85. The highest BCUT2D eigenvalue weighted by Gasteiger charge is 2.19. The molecule has 0 spiro atoms. The molecule has 1 aromatic rings. The molecule has 1 aliphatic carbocycles. The van der Waals surface area contributed by atoms with Crippen molar-refractivity contribution in [3.05, 3.63) is 29.3 Å². The second kappa shape index (κ2) is 7.48. The first-order chi connectivity index (χ1) is 10.1. The Morgan fingerprint density at radius 3 is 2.81 bits per heavy atom. The van der Waals surface area contributed by atoms with Gasteiger partial charge in [0.2, 0.25) is 0 Å². The van der Waals surface area contributed by atoms with Gasteiger partial charge in [-0.2, -0.15) is 0 Å². The zero-order valence-electron chi connectivity index (χ0n) is 13.2. The zero-order chi connectivity index (χ0) is 15.2. The number of anilines is 1. The van der Waals surface area contributed by atoms with Gasteiger partial charge < -0.3 is 10.4 Å². The van der Waals surface area contributed by atoms with Gasteiger partial charge in [-0.3, -0.25) is 0 Å². The number of carboxylic acid groups (broad SMARTS) is 1. The molecule has 0 heterocycles. The minimum atomic E-state index is -0.859. The summed E-state index contributed by atoms with van der Waals surface area (Å²) in [5.74, 6) is 0.0233. The number of hydrogen-bond acceptors (Lipinski definition) is 2. The second-order valence-corrected chi connectivity index (χ2v) is 6.34. The summed E-state index contributed by atoms with van der Waals surface area (Å²) >= 11 is 0. The van der Waals surface area contributed by atoms with Crippen LogP contribution in [0.15, 0.2) is 18.2 Å². The molecule has 3 nitrogen and oxygen atoms in total. The van der Waals surface area contributed by atoms with E-state index in [9.17, 15) is 4.79 Å². The molecule has 2 atom stereocenters.